The van der Waals surface area contributed by atoms with Crippen molar-refractivity contribution in [2.45, 2.75) is 44.9 Å². The maximum absolute atomic E-state index is 14.0. The van der Waals surface area contributed by atoms with Gasteiger partial charge in [0.25, 0.3) is 0 Å². The van der Waals surface area contributed by atoms with Gasteiger partial charge in [0, 0.05) is 30.6 Å². The van der Waals surface area contributed by atoms with Gasteiger partial charge in [0.05, 0.1) is 23.8 Å². The number of halogens is 1. The molecule has 1 N–H and O–H groups in total. The largest absolute Gasteiger partial charge is 0.392 e. The summed E-state index contributed by atoms with van der Waals surface area (Å²) in [4.78, 5) is 2.21. The van der Waals surface area contributed by atoms with Crippen molar-refractivity contribution in [2.24, 2.45) is 5.41 Å². The van der Waals surface area contributed by atoms with Crippen LogP contribution in [0.3, 0.4) is 0 Å². The Balaban J connectivity index is 1.60. The van der Waals surface area contributed by atoms with Gasteiger partial charge in [-0.3, -0.25) is 4.90 Å². The zero-order valence-corrected chi connectivity index (χ0v) is 13.5. The highest BCUT2D eigenvalue weighted by molar-refractivity contribution is 5.32. The van der Waals surface area contributed by atoms with Crippen LogP contribution in [0.15, 0.2) is 18.2 Å². The zero-order chi connectivity index (χ0) is 16.4. The average Bonchev–Trinajstić information content (AvgIpc) is 2.57. The molecule has 1 saturated carbocycles. The van der Waals surface area contributed by atoms with Crippen molar-refractivity contribution in [2.75, 3.05) is 19.7 Å². The normalized spacial score (nSPS) is 26.7. The van der Waals surface area contributed by atoms with Crippen LogP contribution in [0.1, 0.15) is 37.3 Å². The third kappa shape index (κ3) is 2.99. The van der Waals surface area contributed by atoms with Gasteiger partial charge in [-0.25, -0.2) is 4.39 Å². The predicted octanol–water partition coefficient (Wildman–Crippen LogP) is 2.45. The number of piperidine rings is 1. The molecule has 1 spiro atoms. The van der Waals surface area contributed by atoms with E-state index in [1.54, 1.807) is 12.1 Å². The molecular weight excluding hydrogens is 295 g/mol. The molecule has 2 fully saturated rings. The number of aliphatic hydroxyl groups is 1. The van der Waals surface area contributed by atoms with Crippen molar-refractivity contribution >= 4 is 0 Å². The predicted molar refractivity (Wildman–Crippen MR) is 84.1 cm³/mol. The molecule has 1 saturated heterocycles. The van der Waals surface area contributed by atoms with Gasteiger partial charge in [0.2, 0.25) is 0 Å². The van der Waals surface area contributed by atoms with E-state index in [0.717, 1.165) is 32.4 Å². The lowest BCUT2D eigenvalue weighted by atomic mass is 9.58. The van der Waals surface area contributed by atoms with Crippen molar-refractivity contribution in [3.05, 3.63) is 35.1 Å². The van der Waals surface area contributed by atoms with Gasteiger partial charge in [-0.2, -0.15) is 5.26 Å². The summed E-state index contributed by atoms with van der Waals surface area (Å²) < 4.78 is 19.8. The molecule has 1 aromatic carbocycles. The first kappa shape index (κ1) is 16.4. The summed E-state index contributed by atoms with van der Waals surface area (Å²) in [6.07, 6.45) is 2.40. The summed E-state index contributed by atoms with van der Waals surface area (Å²) in [7, 11) is 0. The van der Waals surface area contributed by atoms with Crippen LogP contribution in [0.25, 0.3) is 0 Å². The van der Waals surface area contributed by atoms with Crippen molar-refractivity contribution in [1.82, 2.24) is 4.90 Å². The van der Waals surface area contributed by atoms with Crippen molar-refractivity contribution in [3.8, 4) is 6.07 Å². The van der Waals surface area contributed by atoms with Crippen LogP contribution in [0, 0.1) is 22.6 Å². The number of nitriles is 1. The minimum Gasteiger partial charge on any atom is -0.392 e. The lowest BCUT2D eigenvalue weighted by molar-refractivity contribution is -0.209. The lowest BCUT2D eigenvalue weighted by Gasteiger charge is -2.56. The van der Waals surface area contributed by atoms with Gasteiger partial charge >= 0.3 is 0 Å². The van der Waals surface area contributed by atoms with E-state index < -0.39 is 0 Å². The summed E-state index contributed by atoms with van der Waals surface area (Å²) in [5.41, 5.74) is 0.867. The number of aliphatic hydroxyl groups excluding tert-OH is 1. The van der Waals surface area contributed by atoms with Crippen molar-refractivity contribution < 1.29 is 14.2 Å². The van der Waals surface area contributed by atoms with E-state index in [2.05, 4.69) is 4.90 Å². The van der Waals surface area contributed by atoms with Gasteiger partial charge in [-0.05, 0) is 45.0 Å². The minimum atomic E-state index is -0.319. The number of ether oxygens (including phenoxy) is 1. The number of hydrogen-bond acceptors (Lipinski definition) is 4. The first-order chi connectivity index (χ1) is 11.1. The Bertz CT molecular complexity index is 604. The highest BCUT2D eigenvalue weighted by atomic mass is 19.1. The molecular formula is C18H23FN2O2. The Hall–Kier alpha value is -1.48. The molecule has 124 valence electrons. The Labute approximate surface area is 136 Å². The monoisotopic (exact) mass is 318 g/mol. The summed E-state index contributed by atoms with van der Waals surface area (Å²) in [6, 6.07) is 6.60. The van der Waals surface area contributed by atoms with Crippen LogP contribution in [-0.2, 0) is 11.3 Å². The first-order valence-corrected chi connectivity index (χ1v) is 8.29. The molecule has 1 aromatic rings. The molecule has 2 atom stereocenters. The summed E-state index contributed by atoms with van der Waals surface area (Å²) in [5.74, 6) is -0.319. The van der Waals surface area contributed by atoms with Crippen LogP contribution in [-0.4, -0.2) is 41.9 Å². The fourth-order valence-electron chi connectivity index (χ4n) is 3.93. The average molecular weight is 318 g/mol. The molecule has 3 rings (SSSR count). The van der Waals surface area contributed by atoms with Gasteiger partial charge in [0.1, 0.15) is 5.82 Å². The van der Waals surface area contributed by atoms with Gasteiger partial charge < -0.3 is 9.84 Å². The van der Waals surface area contributed by atoms with E-state index in [0.29, 0.717) is 24.3 Å². The SMILES string of the molecule is CCOC1CC(O)C12CCN(Cc1ccc(C#N)cc1F)CC2. The molecule has 1 aliphatic heterocycles. The maximum Gasteiger partial charge on any atom is 0.129 e. The van der Waals surface area contributed by atoms with Crippen molar-refractivity contribution in [3.63, 3.8) is 0 Å². The third-order valence-corrected chi connectivity index (χ3v) is 5.47. The summed E-state index contributed by atoms with van der Waals surface area (Å²) in [6.45, 7) is 4.88. The Morgan fingerprint density at radius 3 is 2.74 bits per heavy atom. The summed E-state index contributed by atoms with van der Waals surface area (Å²) in [5, 5.41) is 19.0. The second-order valence-corrected chi connectivity index (χ2v) is 6.62. The molecule has 0 amide bonds. The van der Waals surface area contributed by atoms with Crippen LogP contribution in [0.5, 0.6) is 0 Å². The Morgan fingerprint density at radius 1 is 1.43 bits per heavy atom. The number of hydrogen-bond donors (Lipinski definition) is 1. The number of likely N-dealkylation sites (tertiary alicyclic amines) is 1. The van der Waals surface area contributed by atoms with Gasteiger partial charge in [-0.15, -0.1) is 0 Å². The molecule has 0 radical (unpaired) electrons. The van der Waals surface area contributed by atoms with Gasteiger partial charge in [-0.1, -0.05) is 6.07 Å². The first-order valence-electron chi connectivity index (χ1n) is 8.29. The molecule has 23 heavy (non-hydrogen) atoms. The van der Waals surface area contributed by atoms with E-state index in [9.17, 15) is 9.50 Å². The highest BCUT2D eigenvalue weighted by Gasteiger charge is 2.55. The topological polar surface area (TPSA) is 56.5 Å². The second-order valence-electron chi connectivity index (χ2n) is 6.62. The van der Waals surface area contributed by atoms with E-state index in [1.165, 1.54) is 6.07 Å². The van der Waals surface area contributed by atoms with E-state index in [-0.39, 0.29) is 23.4 Å². The molecule has 1 heterocycles. The second kappa shape index (κ2) is 6.56. The molecule has 0 bridgehead atoms. The van der Waals surface area contributed by atoms with Crippen LogP contribution in [0.4, 0.5) is 4.39 Å². The van der Waals surface area contributed by atoms with Gasteiger partial charge in [0.15, 0.2) is 0 Å². The number of nitrogens with zero attached hydrogens (tertiary/aromatic N) is 2. The Morgan fingerprint density at radius 2 is 2.17 bits per heavy atom. The van der Waals surface area contributed by atoms with Crippen molar-refractivity contribution in [1.29, 1.82) is 5.26 Å². The molecule has 2 unspecified atom stereocenters. The molecule has 2 aliphatic rings. The fourth-order valence-corrected chi connectivity index (χ4v) is 3.93. The Kier molecular flexibility index (Phi) is 4.67. The van der Waals surface area contributed by atoms with Crippen LogP contribution >= 0.6 is 0 Å². The van der Waals surface area contributed by atoms with E-state index >= 15 is 0 Å². The van der Waals surface area contributed by atoms with E-state index in [4.69, 9.17) is 10.00 Å². The zero-order valence-electron chi connectivity index (χ0n) is 13.5. The minimum absolute atomic E-state index is 0.101. The van der Waals surface area contributed by atoms with Crippen LogP contribution < -0.4 is 0 Å². The number of rotatable bonds is 4. The third-order valence-electron chi connectivity index (χ3n) is 5.47. The molecule has 1 aliphatic carbocycles. The number of benzene rings is 1. The smallest absolute Gasteiger partial charge is 0.129 e. The summed E-state index contributed by atoms with van der Waals surface area (Å²) >= 11 is 0. The maximum atomic E-state index is 14.0. The van der Waals surface area contributed by atoms with E-state index in [1.807, 2.05) is 13.0 Å². The molecule has 0 aromatic heterocycles. The quantitative estimate of drug-likeness (QED) is 0.926. The molecule has 4 nitrogen and oxygen atoms in total. The fraction of sp³-hybridized carbons (Fsp3) is 0.611. The highest BCUT2D eigenvalue weighted by Crippen LogP contribution is 2.51. The molecule has 5 heteroatoms. The lowest BCUT2D eigenvalue weighted by Crippen LogP contribution is -2.62. The van der Waals surface area contributed by atoms with Crippen LogP contribution in [0.2, 0.25) is 0 Å². The standard InChI is InChI=1S/C18H23FN2O2/c1-2-23-17-10-16(22)18(17)5-7-21(8-6-18)12-14-4-3-13(11-20)9-15(14)19/h3-4,9,16-17,22H,2,5-8,10,12H2,1H3.